The van der Waals surface area contributed by atoms with Crippen molar-refractivity contribution in [1.82, 2.24) is 15.0 Å². The molecule has 0 fully saturated rings. The second-order valence-electron chi connectivity index (χ2n) is 3.40. The number of nitrogen functional groups attached to an aromatic ring is 1. The summed E-state index contributed by atoms with van der Waals surface area (Å²) in [6.07, 6.45) is 1.44. The molecule has 4 nitrogen and oxygen atoms in total. The van der Waals surface area contributed by atoms with Gasteiger partial charge in [0.15, 0.2) is 5.65 Å². The van der Waals surface area contributed by atoms with Gasteiger partial charge in [-0.1, -0.05) is 0 Å². The fraction of sp³-hybridized carbons (Fsp3) is 0.300. The zero-order chi connectivity index (χ0) is 10.3. The van der Waals surface area contributed by atoms with Gasteiger partial charge < -0.3 is 5.73 Å². The van der Waals surface area contributed by atoms with E-state index in [2.05, 4.69) is 15.0 Å². The molecule has 2 N–H and O–H groups in total. The number of anilines is 1. The lowest BCUT2D eigenvalue weighted by Gasteiger charge is -2.08. The maximum Gasteiger partial charge on any atom is 0.165 e. The summed E-state index contributed by atoms with van der Waals surface area (Å²) < 4.78 is 0. The highest BCUT2D eigenvalue weighted by molar-refractivity contribution is 5.89. The van der Waals surface area contributed by atoms with Crippen molar-refractivity contribution in [3.05, 3.63) is 23.1 Å². The number of rotatable bonds is 0. The van der Waals surface area contributed by atoms with Crippen LogP contribution < -0.4 is 5.73 Å². The molecule has 0 aromatic carbocycles. The second kappa shape index (κ2) is 2.90. The van der Waals surface area contributed by atoms with Crippen molar-refractivity contribution in [2.75, 3.05) is 5.73 Å². The first kappa shape index (κ1) is 8.87. The van der Waals surface area contributed by atoms with E-state index in [4.69, 9.17) is 5.73 Å². The van der Waals surface area contributed by atoms with Crippen LogP contribution in [0.25, 0.3) is 11.0 Å². The number of aromatic nitrogens is 3. The topological polar surface area (TPSA) is 64.7 Å². The van der Waals surface area contributed by atoms with Crippen LogP contribution in [-0.4, -0.2) is 15.0 Å². The van der Waals surface area contributed by atoms with Gasteiger partial charge in [-0.05, 0) is 31.9 Å². The Labute approximate surface area is 82.2 Å². The van der Waals surface area contributed by atoms with Gasteiger partial charge in [0.1, 0.15) is 12.1 Å². The average molecular weight is 188 g/mol. The van der Waals surface area contributed by atoms with Gasteiger partial charge in [-0.25, -0.2) is 15.0 Å². The molecule has 2 heterocycles. The fourth-order valence-electron chi connectivity index (χ4n) is 1.54. The summed E-state index contributed by atoms with van der Waals surface area (Å²) in [5.41, 5.74) is 9.73. The minimum Gasteiger partial charge on any atom is -0.383 e. The van der Waals surface area contributed by atoms with Crippen molar-refractivity contribution in [3.8, 4) is 0 Å². The molecular weight excluding hydrogens is 176 g/mol. The lowest BCUT2D eigenvalue weighted by molar-refractivity contribution is 1.11. The van der Waals surface area contributed by atoms with Gasteiger partial charge in [-0.3, -0.25) is 0 Å². The monoisotopic (exact) mass is 188 g/mol. The van der Waals surface area contributed by atoms with E-state index in [0.717, 1.165) is 22.2 Å². The fourth-order valence-corrected chi connectivity index (χ4v) is 1.54. The van der Waals surface area contributed by atoms with E-state index in [0.29, 0.717) is 11.5 Å². The number of nitrogens with zero attached hydrogens (tertiary/aromatic N) is 3. The average Bonchev–Trinajstić information content (AvgIpc) is 2.14. The molecule has 0 bridgehead atoms. The lowest BCUT2D eigenvalue weighted by Crippen LogP contribution is -2.00. The highest BCUT2D eigenvalue weighted by atomic mass is 15.0. The molecule has 0 unspecified atom stereocenters. The van der Waals surface area contributed by atoms with Crippen LogP contribution >= 0.6 is 0 Å². The van der Waals surface area contributed by atoms with E-state index in [1.54, 1.807) is 0 Å². The van der Waals surface area contributed by atoms with Crippen LogP contribution in [0.4, 0.5) is 5.82 Å². The van der Waals surface area contributed by atoms with Crippen molar-refractivity contribution in [2.24, 2.45) is 0 Å². The molecular formula is C10H12N4. The Morgan fingerprint density at radius 2 is 1.79 bits per heavy atom. The SMILES string of the molecule is Cc1nc2ncnc(N)c2c(C)c1C. The van der Waals surface area contributed by atoms with Crippen molar-refractivity contribution in [2.45, 2.75) is 20.8 Å². The Balaban J connectivity index is 2.99. The molecule has 0 radical (unpaired) electrons. The molecule has 0 spiro atoms. The van der Waals surface area contributed by atoms with Crippen molar-refractivity contribution < 1.29 is 0 Å². The van der Waals surface area contributed by atoms with E-state index >= 15 is 0 Å². The van der Waals surface area contributed by atoms with Gasteiger partial charge in [0.2, 0.25) is 0 Å². The van der Waals surface area contributed by atoms with Gasteiger partial charge in [0.25, 0.3) is 0 Å². The molecule has 0 aliphatic heterocycles. The van der Waals surface area contributed by atoms with Crippen LogP contribution in [0.3, 0.4) is 0 Å². The normalized spacial score (nSPS) is 10.8. The third-order valence-corrected chi connectivity index (χ3v) is 2.61. The summed E-state index contributed by atoms with van der Waals surface area (Å²) in [5.74, 6) is 0.503. The third kappa shape index (κ3) is 1.11. The molecule has 0 saturated heterocycles. The summed E-state index contributed by atoms with van der Waals surface area (Å²) in [5, 5.41) is 0.871. The maximum atomic E-state index is 5.78. The molecule has 0 amide bonds. The largest absolute Gasteiger partial charge is 0.383 e. The molecule has 72 valence electrons. The molecule has 2 rings (SSSR count). The quantitative estimate of drug-likeness (QED) is 0.681. The van der Waals surface area contributed by atoms with Crippen molar-refractivity contribution in [1.29, 1.82) is 0 Å². The first-order chi connectivity index (χ1) is 6.61. The van der Waals surface area contributed by atoms with E-state index in [1.807, 2.05) is 20.8 Å². The molecule has 4 heteroatoms. The molecule has 2 aromatic rings. The summed E-state index contributed by atoms with van der Waals surface area (Å²) >= 11 is 0. The summed E-state index contributed by atoms with van der Waals surface area (Å²) in [7, 11) is 0. The smallest absolute Gasteiger partial charge is 0.165 e. The van der Waals surface area contributed by atoms with Gasteiger partial charge in [-0.15, -0.1) is 0 Å². The summed E-state index contributed by atoms with van der Waals surface area (Å²) in [6.45, 7) is 6.02. The molecule has 14 heavy (non-hydrogen) atoms. The zero-order valence-corrected chi connectivity index (χ0v) is 8.50. The minimum atomic E-state index is 0.503. The van der Waals surface area contributed by atoms with E-state index in [1.165, 1.54) is 6.33 Å². The standard InChI is InChI=1S/C10H12N4/c1-5-6(2)8-9(11)12-4-13-10(8)14-7(5)3/h4H,1-3H3,(H2,11,12,13,14). The second-order valence-corrected chi connectivity index (χ2v) is 3.40. The lowest BCUT2D eigenvalue weighted by atomic mass is 10.1. The Morgan fingerprint density at radius 3 is 2.50 bits per heavy atom. The highest BCUT2D eigenvalue weighted by Gasteiger charge is 2.09. The number of aryl methyl sites for hydroxylation is 2. The van der Waals surface area contributed by atoms with Crippen LogP contribution in [0.15, 0.2) is 6.33 Å². The number of fused-ring (bicyclic) bond motifs is 1. The van der Waals surface area contributed by atoms with Crippen LogP contribution in [0.5, 0.6) is 0 Å². The number of hydrogen-bond acceptors (Lipinski definition) is 4. The van der Waals surface area contributed by atoms with Gasteiger partial charge in [-0.2, -0.15) is 0 Å². The van der Waals surface area contributed by atoms with Crippen LogP contribution in [0.1, 0.15) is 16.8 Å². The van der Waals surface area contributed by atoms with Crippen LogP contribution in [0, 0.1) is 20.8 Å². The Hall–Kier alpha value is -1.71. The van der Waals surface area contributed by atoms with E-state index in [9.17, 15) is 0 Å². The summed E-state index contributed by atoms with van der Waals surface area (Å²) in [4.78, 5) is 12.4. The number of pyridine rings is 1. The predicted molar refractivity (Wildman–Crippen MR) is 56.0 cm³/mol. The Morgan fingerprint density at radius 1 is 1.07 bits per heavy atom. The van der Waals surface area contributed by atoms with Gasteiger partial charge >= 0.3 is 0 Å². The third-order valence-electron chi connectivity index (χ3n) is 2.61. The van der Waals surface area contributed by atoms with Crippen LogP contribution in [-0.2, 0) is 0 Å². The zero-order valence-electron chi connectivity index (χ0n) is 8.50. The van der Waals surface area contributed by atoms with E-state index in [-0.39, 0.29) is 0 Å². The Bertz CT molecular complexity index is 505. The van der Waals surface area contributed by atoms with Crippen LogP contribution in [0.2, 0.25) is 0 Å². The molecule has 2 aromatic heterocycles. The van der Waals surface area contributed by atoms with Gasteiger partial charge in [0.05, 0.1) is 5.39 Å². The maximum absolute atomic E-state index is 5.78. The minimum absolute atomic E-state index is 0.503. The molecule has 0 saturated carbocycles. The first-order valence-electron chi connectivity index (χ1n) is 4.45. The van der Waals surface area contributed by atoms with E-state index < -0.39 is 0 Å². The predicted octanol–water partition coefficient (Wildman–Crippen LogP) is 1.53. The van der Waals surface area contributed by atoms with Crippen molar-refractivity contribution >= 4 is 16.9 Å². The molecule has 0 atom stereocenters. The Kier molecular flexibility index (Phi) is 1.84. The number of hydrogen-bond donors (Lipinski definition) is 1. The molecule has 0 aliphatic rings. The highest BCUT2D eigenvalue weighted by Crippen LogP contribution is 2.23. The number of nitrogens with two attached hydrogens (primary N) is 1. The van der Waals surface area contributed by atoms with Gasteiger partial charge in [0, 0.05) is 5.69 Å². The van der Waals surface area contributed by atoms with Crippen molar-refractivity contribution in [3.63, 3.8) is 0 Å². The summed E-state index contributed by atoms with van der Waals surface area (Å²) in [6, 6.07) is 0. The first-order valence-corrected chi connectivity index (χ1v) is 4.45. The molecule has 0 aliphatic carbocycles.